The molecule has 1 amide bonds. The van der Waals surface area contributed by atoms with Gasteiger partial charge in [0.2, 0.25) is 0 Å². The zero-order valence-electron chi connectivity index (χ0n) is 6.10. The molecule has 9 heavy (non-hydrogen) atoms. The smallest absolute Gasteiger partial charge is 0.405 e. The Labute approximate surface area is 58.0 Å². The number of carbonyl (C=O) groups is 1. The molecule has 0 atom stereocenters. The summed E-state index contributed by atoms with van der Waals surface area (Å²) in [5.74, 6) is 0. The number of primary amides is 1. The standard InChI is InChI=1S/C5H13NO2Si/c1-5(2,3-9)8-4(6)7/h3H2,1-2,9H3,(H2,6,7). The molecule has 0 aliphatic rings. The van der Waals surface area contributed by atoms with E-state index in [-0.39, 0.29) is 5.60 Å². The maximum absolute atomic E-state index is 10.2. The van der Waals surface area contributed by atoms with Gasteiger partial charge in [0.25, 0.3) is 0 Å². The fourth-order valence-corrected chi connectivity index (χ4v) is 0.489. The van der Waals surface area contributed by atoms with Gasteiger partial charge in [-0.15, -0.1) is 0 Å². The van der Waals surface area contributed by atoms with Crippen LogP contribution in [0.3, 0.4) is 0 Å². The van der Waals surface area contributed by atoms with Crippen LogP contribution in [0.2, 0.25) is 6.04 Å². The summed E-state index contributed by atoms with van der Waals surface area (Å²) in [4.78, 5) is 10.2. The van der Waals surface area contributed by atoms with Gasteiger partial charge >= 0.3 is 6.09 Å². The number of rotatable bonds is 2. The van der Waals surface area contributed by atoms with Gasteiger partial charge in [0, 0.05) is 10.2 Å². The largest absolute Gasteiger partial charge is 0.444 e. The quantitative estimate of drug-likeness (QED) is 0.542. The molecular formula is C5H13NO2Si. The fourth-order valence-electron chi connectivity index (χ4n) is 0.344. The second kappa shape index (κ2) is 2.86. The van der Waals surface area contributed by atoms with E-state index in [1.165, 1.54) is 0 Å². The van der Waals surface area contributed by atoms with Crippen molar-refractivity contribution in [3.63, 3.8) is 0 Å². The van der Waals surface area contributed by atoms with Gasteiger partial charge in [0.15, 0.2) is 0 Å². The molecule has 2 N–H and O–H groups in total. The van der Waals surface area contributed by atoms with Crippen LogP contribution in [0, 0.1) is 0 Å². The van der Waals surface area contributed by atoms with Crippen molar-refractivity contribution in [2.24, 2.45) is 5.73 Å². The first-order valence-electron chi connectivity index (χ1n) is 2.96. The number of carbonyl (C=O) groups excluding carboxylic acids is 1. The Hall–Kier alpha value is -0.513. The van der Waals surface area contributed by atoms with Gasteiger partial charge in [0.05, 0.1) is 0 Å². The lowest BCUT2D eigenvalue weighted by molar-refractivity contribution is 0.0604. The van der Waals surface area contributed by atoms with Gasteiger partial charge < -0.3 is 10.5 Å². The SMILES string of the molecule is CC(C)(C[SiH3])OC(N)=O. The van der Waals surface area contributed by atoms with Crippen molar-refractivity contribution in [1.29, 1.82) is 0 Å². The normalized spacial score (nSPS) is 11.3. The molecule has 0 aliphatic heterocycles. The molecule has 0 saturated carbocycles. The second-order valence-corrected chi connectivity index (χ2v) is 3.24. The highest BCUT2D eigenvalue weighted by Gasteiger charge is 2.17. The zero-order chi connectivity index (χ0) is 7.49. The monoisotopic (exact) mass is 147 g/mol. The number of hydrogen-bond donors (Lipinski definition) is 1. The highest BCUT2D eigenvalue weighted by atomic mass is 28.1. The summed E-state index contributed by atoms with van der Waals surface area (Å²) in [6, 6.07) is 0.913. The maximum atomic E-state index is 10.2. The van der Waals surface area contributed by atoms with Crippen molar-refractivity contribution in [3.05, 3.63) is 0 Å². The van der Waals surface area contributed by atoms with Gasteiger partial charge in [0.1, 0.15) is 5.60 Å². The van der Waals surface area contributed by atoms with Crippen LogP contribution >= 0.6 is 0 Å². The highest BCUT2D eigenvalue weighted by molar-refractivity contribution is 6.09. The minimum Gasteiger partial charge on any atom is -0.444 e. The van der Waals surface area contributed by atoms with Crippen LogP contribution in [0.25, 0.3) is 0 Å². The molecule has 0 aromatic carbocycles. The number of nitrogens with two attached hydrogens (primary N) is 1. The predicted octanol–water partition coefficient (Wildman–Crippen LogP) is -0.356. The van der Waals surface area contributed by atoms with E-state index in [2.05, 4.69) is 0 Å². The van der Waals surface area contributed by atoms with E-state index in [1.807, 2.05) is 13.8 Å². The van der Waals surface area contributed by atoms with Gasteiger partial charge in [-0.3, -0.25) is 0 Å². The number of amides is 1. The average molecular weight is 147 g/mol. The Kier molecular flexibility index (Phi) is 2.70. The van der Waals surface area contributed by atoms with Crippen molar-refractivity contribution in [2.45, 2.75) is 25.5 Å². The fraction of sp³-hybridized carbons (Fsp3) is 0.800. The van der Waals surface area contributed by atoms with E-state index >= 15 is 0 Å². The Bertz CT molecular complexity index is 114. The first-order chi connectivity index (χ1) is 3.98. The molecule has 4 heteroatoms. The number of hydrogen-bond acceptors (Lipinski definition) is 2. The van der Waals surface area contributed by atoms with E-state index in [0.717, 1.165) is 16.3 Å². The first kappa shape index (κ1) is 8.49. The third kappa shape index (κ3) is 4.02. The second-order valence-electron chi connectivity index (χ2n) is 2.53. The van der Waals surface area contributed by atoms with Gasteiger partial charge in [-0.2, -0.15) is 0 Å². The van der Waals surface area contributed by atoms with Crippen molar-refractivity contribution in [2.75, 3.05) is 0 Å². The van der Waals surface area contributed by atoms with Crippen LogP contribution in [0.15, 0.2) is 0 Å². The van der Waals surface area contributed by atoms with Gasteiger partial charge in [-0.1, -0.05) is 0 Å². The molecule has 54 valence electrons. The van der Waals surface area contributed by atoms with Crippen molar-refractivity contribution < 1.29 is 9.53 Å². The molecule has 3 nitrogen and oxygen atoms in total. The Morgan fingerprint density at radius 3 is 2.33 bits per heavy atom. The summed E-state index contributed by atoms with van der Waals surface area (Å²) in [5, 5.41) is 0. The molecular weight excluding hydrogens is 134 g/mol. The molecule has 0 radical (unpaired) electrons. The lowest BCUT2D eigenvalue weighted by Crippen LogP contribution is -2.30. The van der Waals surface area contributed by atoms with Crippen molar-refractivity contribution in [3.8, 4) is 0 Å². The van der Waals surface area contributed by atoms with Crippen molar-refractivity contribution in [1.82, 2.24) is 0 Å². The molecule has 0 bridgehead atoms. The van der Waals surface area contributed by atoms with Gasteiger partial charge in [-0.25, -0.2) is 4.79 Å². The summed E-state index contributed by atoms with van der Waals surface area (Å²) in [6.07, 6.45) is -0.684. The Morgan fingerprint density at radius 2 is 2.22 bits per heavy atom. The van der Waals surface area contributed by atoms with Gasteiger partial charge in [-0.05, 0) is 19.9 Å². The topological polar surface area (TPSA) is 52.3 Å². The highest BCUT2D eigenvalue weighted by Crippen LogP contribution is 2.11. The Morgan fingerprint density at radius 1 is 1.78 bits per heavy atom. The number of ether oxygens (including phenoxy) is 1. The molecule has 0 aromatic heterocycles. The summed E-state index contributed by atoms with van der Waals surface area (Å²) < 4.78 is 4.76. The molecule has 0 aromatic rings. The van der Waals surface area contributed by atoms with E-state index in [1.54, 1.807) is 0 Å². The summed E-state index contributed by atoms with van der Waals surface area (Å²) in [5.41, 5.74) is 4.46. The van der Waals surface area contributed by atoms with Crippen LogP contribution in [0.5, 0.6) is 0 Å². The molecule has 0 spiro atoms. The maximum Gasteiger partial charge on any atom is 0.405 e. The lowest BCUT2D eigenvalue weighted by atomic mass is 10.2. The average Bonchev–Trinajstić information content (AvgIpc) is 1.63. The molecule has 0 unspecified atom stereocenters. The van der Waals surface area contributed by atoms with Crippen LogP contribution in [-0.2, 0) is 4.74 Å². The molecule has 0 saturated heterocycles. The van der Waals surface area contributed by atoms with E-state index in [9.17, 15) is 4.79 Å². The molecule has 0 heterocycles. The molecule has 0 aliphatic carbocycles. The molecule has 0 fully saturated rings. The van der Waals surface area contributed by atoms with E-state index < -0.39 is 6.09 Å². The van der Waals surface area contributed by atoms with E-state index in [0.29, 0.717) is 0 Å². The van der Waals surface area contributed by atoms with E-state index in [4.69, 9.17) is 10.5 Å². The van der Waals surface area contributed by atoms with Crippen molar-refractivity contribution >= 4 is 16.3 Å². The first-order valence-corrected chi connectivity index (χ1v) is 4.38. The van der Waals surface area contributed by atoms with Crippen LogP contribution in [0.1, 0.15) is 13.8 Å². The minimum atomic E-state index is -0.684. The minimum absolute atomic E-state index is 0.349. The summed E-state index contributed by atoms with van der Waals surface area (Å²) in [7, 11) is 1.02. The molecule has 0 rings (SSSR count). The van der Waals surface area contributed by atoms with Crippen LogP contribution in [0.4, 0.5) is 4.79 Å². The third-order valence-electron chi connectivity index (χ3n) is 1.23. The zero-order valence-corrected chi connectivity index (χ0v) is 8.10. The Balaban J connectivity index is 3.71. The third-order valence-corrected chi connectivity index (χ3v) is 2.93. The van der Waals surface area contributed by atoms with Crippen LogP contribution < -0.4 is 5.73 Å². The predicted molar refractivity (Wildman–Crippen MR) is 39.5 cm³/mol. The van der Waals surface area contributed by atoms with Crippen LogP contribution in [-0.4, -0.2) is 21.9 Å². The lowest BCUT2D eigenvalue weighted by Gasteiger charge is -2.21. The summed E-state index contributed by atoms with van der Waals surface area (Å²) >= 11 is 0. The summed E-state index contributed by atoms with van der Waals surface area (Å²) in [6.45, 7) is 3.70.